The van der Waals surface area contributed by atoms with E-state index in [0.717, 1.165) is 5.56 Å². The summed E-state index contributed by atoms with van der Waals surface area (Å²) >= 11 is 0. The Kier molecular flexibility index (Phi) is 6.07. The summed E-state index contributed by atoms with van der Waals surface area (Å²) in [5, 5.41) is 6.90. The van der Waals surface area contributed by atoms with Crippen LogP contribution >= 0.6 is 0 Å². The maximum absolute atomic E-state index is 13.9. The van der Waals surface area contributed by atoms with Crippen molar-refractivity contribution in [3.05, 3.63) is 82.9 Å². The van der Waals surface area contributed by atoms with E-state index in [4.69, 9.17) is 4.74 Å². The summed E-state index contributed by atoms with van der Waals surface area (Å²) in [4.78, 5) is 25.4. The van der Waals surface area contributed by atoms with Crippen molar-refractivity contribution >= 4 is 11.7 Å². The van der Waals surface area contributed by atoms with Gasteiger partial charge in [-0.15, -0.1) is 0 Å². The Morgan fingerprint density at radius 3 is 2.38 bits per heavy atom. The minimum Gasteiger partial charge on any atom is -0.488 e. The lowest BCUT2D eigenvalue weighted by atomic mass is 10.1. The number of aromatic nitrogens is 2. The van der Waals surface area contributed by atoms with E-state index in [1.807, 2.05) is 18.2 Å². The molecule has 2 aromatic carbocycles. The maximum atomic E-state index is 13.9. The van der Waals surface area contributed by atoms with Crippen LogP contribution in [0.5, 0.6) is 5.75 Å². The summed E-state index contributed by atoms with van der Waals surface area (Å²) in [6.07, 6.45) is 0. The molecule has 0 saturated heterocycles. The smallest absolute Gasteiger partial charge is 0.293 e. The van der Waals surface area contributed by atoms with Gasteiger partial charge in [0.05, 0.1) is 17.3 Å². The summed E-state index contributed by atoms with van der Waals surface area (Å²) in [5.41, 5.74) is 2.13. The maximum Gasteiger partial charge on any atom is 0.293 e. The number of benzene rings is 2. The van der Waals surface area contributed by atoms with E-state index in [1.54, 1.807) is 49.8 Å². The van der Waals surface area contributed by atoms with E-state index in [0.29, 0.717) is 11.4 Å². The SMILES string of the molecule is Cc1nn(C)c(C)c1C(=O)C(=O)NC(COc1ccccc1F)c1ccccc1. The van der Waals surface area contributed by atoms with Crippen LogP contribution in [0, 0.1) is 19.7 Å². The van der Waals surface area contributed by atoms with Gasteiger partial charge in [-0.2, -0.15) is 5.10 Å². The zero-order valence-electron chi connectivity index (χ0n) is 16.5. The van der Waals surface area contributed by atoms with Crippen LogP contribution in [-0.4, -0.2) is 28.1 Å². The van der Waals surface area contributed by atoms with Crippen LogP contribution in [0.25, 0.3) is 0 Å². The van der Waals surface area contributed by atoms with Crippen molar-refractivity contribution in [1.82, 2.24) is 15.1 Å². The van der Waals surface area contributed by atoms with Gasteiger partial charge >= 0.3 is 0 Å². The van der Waals surface area contributed by atoms with E-state index >= 15 is 0 Å². The van der Waals surface area contributed by atoms with Crippen LogP contribution in [0.15, 0.2) is 54.6 Å². The van der Waals surface area contributed by atoms with Crippen molar-refractivity contribution in [2.24, 2.45) is 7.05 Å². The number of rotatable bonds is 7. The molecule has 3 aromatic rings. The molecule has 3 rings (SSSR count). The number of hydrogen-bond donors (Lipinski definition) is 1. The lowest BCUT2D eigenvalue weighted by molar-refractivity contribution is -0.118. The van der Waals surface area contributed by atoms with Crippen LogP contribution in [0.2, 0.25) is 0 Å². The second-order valence-electron chi connectivity index (χ2n) is 6.68. The van der Waals surface area contributed by atoms with Crippen LogP contribution in [0.3, 0.4) is 0 Å². The van der Waals surface area contributed by atoms with Crippen molar-refractivity contribution < 1.29 is 18.7 Å². The molecular formula is C22H22FN3O3. The molecule has 0 radical (unpaired) electrons. The second kappa shape index (κ2) is 8.68. The molecule has 6 nitrogen and oxygen atoms in total. The number of Topliss-reactive ketones (excluding diaryl/α,β-unsaturated/α-hetero) is 1. The van der Waals surface area contributed by atoms with Crippen LogP contribution in [0.1, 0.15) is 33.4 Å². The molecule has 0 fully saturated rings. The number of nitrogens with one attached hydrogen (secondary N) is 1. The standard InChI is InChI=1S/C22H22FN3O3/c1-14-20(15(2)26(3)25-14)21(27)22(28)24-18(16-9-5-4-6-10-16)13-29-19-12-8-7-11-17(19)23/h4-12,18H,13H2,1-3H3,(H,24,28). The van der Waals surface area contributed by atoms with Crippen LogP contribution < -0.4 is 10.1 Å². The van der Waals surface area contributed by atoms with Gasteiger partial charge in [-0.3, -0.25) is 14.3 Å². The van der Waals surface area contributed by atoms with Gasteiger partial charge in [-0.25, -0.2) is 4.39 Å². The Morgan fingerprint density at radius 1 is 1.10 bits per heavy atom. The molecule has 1 amide bonds. The number of carbonyl (C=O) groups is 2. The lowest BCUT2D eigenvalue weighted by Gasteiger charge is -2.20. The summed E-state index contributed by atoms with van der Waals surface area (Å²) in [6.45, 7) is 3.38. The first kappa shape index (κ1) is 20.3. The van der Waals surface area contributed by atoms with Gasteiger partial charge in [0.1, 0.15) is 6.61 Å². The number of aryl methyl sites for hydroxylation is 2. The Hall–Kier alpha value is -3.48. The van der Waals surface area contributed by atoms with Gasteiger partial charge in [0.25, 0.3) is 11.7 Å². The summed E-state index contributed by atoms with van der Waals surface area (Å²) < 4.78 is 21.0. The predicted molar refractivity (Wildman–Crippen MR) is 106 cm³/mol. The quantitative estimate of drug-likeness (QED) is 0.492. The summed E-state index contributed by atoms with van der Waals surface area (Å²) in [6, 6.07) is 14.5. The van der Waals surface area contributed by atoms with Gasteiger partial charge in [-0.1, -0.05) is 42.5 Å². The number of carbonyl (C=O) groups excluding carboxylic acids is 2. The number of nitrogens with zero attached hydrogens (tertiary/aromatic N) is 2. The molecule has 0 saturated carbocycles. The Balaban J connectivity index is 1.80. The highest BCUT2D eigenvalue weighted by Gasteiger charge is 2.26. The lowest BCUT2D eigenvalue weighted by Crippen LogP contribution is -2.37. The van der Waals surface area contributed by atoms with Crippen LogP contribution in [-0.2, 0) is 11.8 Å². The van der Waals surface area contributed by atoms with Crippen molar-refractivity contribution in [2.75, 3.05) is 6.61 Å². The highest BCUT2D eigenvalue weighted by Crippen LogP contribution is 2.20. The minimum atomic E-state index is -0.768. The molecule has 0 aliphatic heterocycles. The number of hydrogen-bond acceptors (Lipinski definition) is 4. The van der Waals surface area contributed by atoms with Crippen molar-refractivity contribution in [2.45, 2.75) is 19.9 Å². The Labute approximate surface area is 168 Å². The fourth-order valence-corrected chi connectivity index (χ4v) is 3.08. The average molecular weight is 395 g/mol. The predicted octanol–water partition coefficient (Wildman–Crippen LogP) is 3.30. The molecule has 150 valence electrons. The molecule has 1 N–H and O–H groups in total. The molecule has 1 heterocycles. The van der Waals surface area contributed by atoms with Crippen molar-refractivity contribution in [3.8, 4) is 5.75 Å². The van der Waals surface area contributed by atoms with Crippen molar-refractivity contribution in [1.29, 1.82) is 0 Å². The van der Waals surface area contributed by atoms with E-state index in [9.17, 15) is 14.0 Å². The number of para-hydroxylation sites is 1. The van der Waals surface area contributed by atoms with E-state index in [1.165, 1.54) is 12.1 Å². The third-order valence-corrected chi connectivity index (χ3v) is 4.69. The Morgan fingerprint density at radius 2 is 1.76 bits per heavy atom. The minimum absolute atomic E-state index is 0.0328. The normalized spacial score (nSPS) is 11.7. The zero-order valence-corrected chi connectivity index (χ0v) is 16.5. The first-order valence-corrected chi connectivity index (χ1v) is 9.16. The first-order valence-electron chi connectivity index (χ1n) is 9.16. The number of ketones is 1. The number of amides is 1. The highest BCUT2D eigenvalue weighted by atomic mass is 19.1. The van der Waals surface area contributed by atoms with Gasteiger partial charge in [0.2, 0.25) is 0 Å². The highest BCUT2D eigenvalue weighted by molar-refractivity contribution is 6.43. The second-order valence-corrected chi connectivity index (χ2v) is 6.68. The molecule has 1 aromatic heterocycles. The average Bonchev–Trinajstić information content (AvgIpc) is 2.97. The van der Waals surface area contributed by atoms with E-state index in [-0.39, 0.29) is 17.9 Å². The van der Waals surface area contributed by atoms with Gasteiger partial charge in [0, 0.05) is 12.7 Å². The topological polar surface area (TPSA) is 73.2 Å². The molecule has 0 spiro atoms. The molecule has 0 aliphatic carbocycles. The summed E-state index contributed by atoms with van der Waals surface area (Å²) in [7, 11) is 1.71. The largest absolute Gasteiger partial charge is 0.488 e. The first-order chi connectivity index (χ1) is 13.9. The van der Waals surface area contributed by atoms with E-state index in [2.05, 4.69) is 10.4 Å². The molecule has 29 heavy (non-hydrogen) atoms. The molecule has 0 bridgehead atoms. The molecular weight excluding hydrogens is 373 g/mol. The third kappa shape index (κ3) is 4.51. The molecule has 0 aliphatic rings. The zero-order chi connectivity index (χ0) is 21.0. The van der Waals surface area contributed by atoms with E-state index < -0.39 is 23.5 Å². The monoisotopic (exact) mass is 395 g/mol. The van der Waals surface area contributed by atoms with Gasteiger partial charge in [-0.05, 0) is 31.5 Å². The third-order valence-electron chi connectivity index (χ3n) is 4.69. The fourth-order valence-electron chi connectivity index (χ4n) is 3.08. The van der Waals surface area contributed by atoms with Gasteiger partial charge < -0.3 is 10.1 Å². The number of halogens is 1. The fraction of sp³-hybridized carbons (Fsp3) is 0.227. The summed E-state index contributed by atoms with van der Waals surface area (Å²) in [5.74, 6) is -1.86. The van der Waals surface area contributed by atoms with Crippen molar-refractivity contribution in [3.63, 3.8) is 0 Å². The van der Waals surface area contributed by atoms with Crippen LogP contribution in [0.4, 0.5) is 4.39 Å². The molecule has 7 heteroatoms. The molecule has 1 atom stereocenters. The van der Waals surface area contributed by atoms with Gasteiger partial charge in [0.15, 0.2) is 11.6 Å². The number of ether oxygens (including phenoxy) is 1. The Bertz CT molecular complexity index is 1030. The molecule has 1 unspecified atom stereocenters.